The second-order valence-corrected chi connectivity index (χ2v) is 10.1. The lowest BCUT2D eigenvalue weighted by molar-refractivity contribution is -0.156. The zero-order valence-corrected chi connectivity index (χ0v) is 18.8. The zero-order valence-electron chi connectivity index (χ0n) is 18.8. The SMILES string of the molecule is CC(C)c1c(C2CC3CC(C2)C3C(=O)O)c2c(F)c3[nH]ncc3cc2n1-c1ccc(F)c(F)c1. The van der Waals surface area contributed by atoms with Crippen LogP contribution in [0, 0.1) is 35.2 Å². The molecule has 0 radical (unpaired) electrons. The maximum absolute atomic E-state index is 16.0. The van der Waals surface area contributed by atoms with Crippen molar-refractivity contribution in [2.75, 3.05) is 0 Å². The molecule has 0 spiro atoms. The molecule has 2 heterocycles. The normalized spacial score (nSPS) is 24.2. The fraction of sp³-hybridized carbons (Fsp3) is 0.385. The van der Waals surface area contributed by atoms with Crippen LogP contribution < -0.4 is 0 Å². The van der Waals surface area contributed by atoms with Crippen LogP contribution >= 0.6 is 0 Å². The van der Waals surface area contributed by atoms with Crippen LogP contribution in [-0.2, 0) is 4.79 Å². The van der Waals surface area contributed by atoms with Crippen LogP contribution in [0.1, 0.15) is 56.2 Å². The predicted octanol–water partition coefficient (Wildman–Crippen LogP) is 6.26. The molecule has 2 bridgehead atoms. The Bertz CT molecular complexity index is 1460. The Balaban J connectivity index is 1.65. The number of rotatable bonds is 4. The third-order valence-electron chi connectivity index (χ3n) is 7.88. The molecule has 3 fully saturated rings. The first-order chi connectivity index (χ1) is 16.3. The van der Waals surface area contributed by atoms with Gasteiger partial charge in [0.05, 0.1) is 17.6 Å². The van der Waals surface area contributed by atoms with Gasteiger partial charge in [-0.05, 0) is 66.7 Å². The number of halogens is 3. The maximum atomic E-state index is 16.0. The number of aromatic amines is 1. The maximum Gasteiger partial charge on any atom is 0.307 e. The highest BCUT2D eigenvalue weighted by Crippen LogP contribution is 2.58. The second kappa shape index (κ2) is 7.35. The van der Waals surface area contributed by atoms with E-state index >= 15 is 4.39 Å². The van der Waals surface area contributed by atoms with Crippen molar-refractivity contribution >= 4 is 27.8 Å². The van der Waals surface area contributed by atoms with Crippen LogP contribution in [0.25, 0.3) is 27.5 Å². The summed E-state index contributed by atoms with van der Waals surface area (Å²) in [5.41, 5.74) is 2.99. The molecule has 0 amide bonds. The predicted molar refractivity (Wildman–Crippen MR) is 122 cm³/mol. The highest BCUT2D eigenvalue weighted by atomic mass is 19.2. The van der Waals surface area contributed by atoms with E-state index in [1.165, 1.54) is 6.07 Å². The molecular weight excluding hydrogens is 443 g/mol. The van der Waals surface area contributed by atoms with Gasteiger partial charge in [-0.1, -0.05) is 13.8 Å². The van der Waals surface area contributed by atoms with Gasteiger partial charge < -0.3 is 9.67 Å². The third kappa shape index (κ3) is 2.87. The largest absolute Gasteiger partial charge is 0.481 e. The van der Waals surface area contributed by atoms with Crippen molar-refractivity contribution in [2.45, 2.75) is 44.9 Å². The van der Waals surface area contributed by atoms with E-state index in [4.69, 9.17) is 0 Å². The molecule has 4 aromatic rings. The lowest BCUT2D eigenvalue weighted by Gasteiger charge is -2.50. The molecule has 7 rings (SSSR count). The summed E-state index contributed by atoms with van der Waals surface area (Å²) in [6.45, 7) is 4.01. The summed E-state index contributed by atoms with van der Waals surface area (Å²) in [6.07, 6.45) is 3.77. The second-order valence-electron chi connectivity index (χ2n) is 10.1. The number of hydrogen-bond acceptors (Lipinski definition) is 2. The Kier molecular flexibility index (Phi) is 4.60. The van der Waals surface area contributed by atoms with Crippen molar-refractivity contribution in [1.82, 2.24) is 14.8 Å². The summed E-state index contributed by atoms with van der Waals surface area (Å²) in [6, 6.07) is 5.56. The molecule has 2 N–H and O–H groups in total. The number of carboxylic acid groups (broad SMARTS) is 1. The molecule has 2 atom stereocenters. The lowest BCUT2D eigenvalue weighted by atomic mass is 9.53. The van der Waals surface area contributed by atoms with E-state index in [1.54, 1.807) is 6.20 Å². The minimum atomic E-state index is -0.969. The lowest BCUT2D eigenvalue weighted by Crippen LogP contribution is -2.47. The quantitative estimate of drug-likeness (QED) is 0.372. The molecule has 2 aromatic heterocycles. The topological polar surface area (TPSA) is 70.9 Å². The van der Waals surface area contributed by atoms with E-state index in [1.807, 2.05) is 24.5 Å². The molecule has 0 aliphatic heterocycles. The molecule has 0 saturated heterocycles. The van der Waals surface area contributed by atoms with Crippen molar-refractivity contribution < 1.29 is 23.1 Å². The fourth-order valence-electron chi connectivity index (χ4n) is 6.56. The Morgan fingerprint density at radius 3 is 2.50 bits per heavy atom. The van der Waals surface area contributed by atoms with Gasteiger partial charge in [0.1, 0.15) is 5.52 Å². The zero-order chi connectivity index (χ0) is 23.9. The van der Waals surface area contributed by atoms with E-state index in [0.717, 1.165) is 29.8 Å². The van der Waals surface area contributed by atoms with E-state index in [-0.39, 0.29) is 29.6 Å². The van der Waals surface area contributed by atoms with Crippen LogP contribution in [0.5, 0.6) is 0 Å². The van der Waals surface area contributed by atoms with Crippen molar-refractivity contribution in [2.24, 2.45) is 17.8 Å². The number of benzene rings is 2. The number of nitrogens with one attached hydrogen (secondary N) is 1. The highest BCUT2D eigenvalue weighted by molar-refractivity contribution is 5.99. The standard InChI is InChI=1S/C26H24F3N3O2/c1-11(2)25-21(14-6-12-5-13(7-14)20(12)26(33)34)22-19(8-15-10-30-31-24(15)23(22)29)32(25)16-3-4-17(27)18(28)9-16/h3-4,8-14,20H,5-7H2,1-2H3,(H,30,31)(H,33,34). The Labute approximate surface area is 193 Å². The van der Waals surface area contributed by atoms with Gasteiger partial charge in [-0.3, -0.25) is 9.89 Å². The van der Waals surface area contributed by atoms with Gasteiger partial charge in [0.25, 0.3) is 0 Å². The smallest absolute Gasteiger partial charge is 0.307 e. The van der Waals surface area contributed by atoms with Crippen LogP contribution in [0.15, 0.2) is 30.5 Å². The summed E-state index contributed by atoms with van der Waals surface area (Å²) < 4.78 is 45.9. The molecule has 3 saturated carbocycles. The van der Waals surface area contributed by atoms with Crippen LogP contribution in [0.2, 0.25) is 0 Å². The van der Waals surface area contributed by atoms with Gasteiger partial charge in [-0.2, -0.15) is 5.10 Å². The van der Waals surface area contributed by atoms with Crippen molar-refractivity contribution in [3.63, 3.8) is 0 Å². The van der Waals surface area contributed by atoms with Gasteiger partial charge in [-0.25, -0.2) is 13.2 Å². The van der Waals surface area contributed by atoms with E-state index in [2.05, 4.69) is 10.2 Å². The van der Waals surface area contributed by atoms with Crippen molar-refractivity contribution in [1.29, 1.82) is 0 Å². The fourth-order valence-corrected chi connectivity index (χ4v) is 6.56. The number of nitrogens with zero attached hydrogens (tertiary/aromatic N) is 2. The van der Waals surface area contributed by atoms with Crippen LogP contribution in [-0.4, -0.2) is 25.8 Å². The summed E-state index contributed by atoms with van der Waals surface area (Å²) in [5.74, 6) is -3.33. The number of fused-ring (bicyclic) bond motifs is 4. The Hall–Kier alpha value is -3.29. The number of aromatic nitrogens is 3. The average molecular weight is 467 g/mol. The monoisotopic (exact) mass is 467 g/mol. The molecule has 2 unspecified atom stereocenters. The van der Waals surface area contributed by atoms with Crippen LogP contribution in [0.3, 0.4) is 0 Å². The molecule has 3 aliphatic rings. The highest BCUT2D eigenvalue weighted by Gasteiger charge is 2.52. The number of carbonyl (C=O) groups is 1. The van der Waals surface area contributed by atoms with Gasteiger partial charge in [0.2, 0.25) is 0 Å². The number of aliphatic carboxylic acids is 1. The van der Waals surface area contributed by atoms with E-state index < -0.39 is 23.4 Å². The van der Waals surface area contributed by atoms with Gasteiger partial charge in [-0.15, -0.1) is 0 Å². The molecule has 2 aromatic carbocycles. The molecular formula is C26H24F3N3O2. The molecule has 3 aliphatic carbocycles. The Morgan fingerprint density at radius 1 is 1.12 bits per heavy atom. The summed E-state index contributed by atoms with van der Waals surface area (Å²) in [4.78, 5) is 11.7. The summed E-state index contributed by atoms with van der Waals surface area (Å²) in [7, 11) is 0. The molecule has 5 nitrogen and oxygen atoms in total. The summed E-state index contributed by atoms with van der Waals surface area (Å²) >= 11 is 0. The van der Waals surface area contributed by atoms with Crippen molar-refractivity contribution in [3.05, 3.63) is 59.2 Å². The van der Waals surface area contributed by atoms with E-state index in [9.17, 15) is 18.7 Å². The van der Waals surface area contributed by atoms with Crippen LogP contribution in [0.4, 0.5) is 13.2 Å². The first-order valence-corrected chi connectivity index (χ1v) is 11.6. The average Bonchev–Trinajstić information content (AvgIpc) is 3.38. The molecule has 34 heavy (non-hydrogen) atoms. The van der Waals surface area contributed by atoms with E-state index in [0.29, 0.717) is 40.3 Å². The first kappa shape index (κ1) is 21.3. The third-order valence-corrected chi connectivity index (χ3v) is 7.88. The first-order valence-electron chi connectivity index (χ1n) is 11.6. The molecule has 8 heteroatoms. The number of H-pyrrole nitrogens is 1. The minimum absolute atomic E-state index is 0.0133. The Morgan fingerprint density at radius 2 is 1.85 bits per heavy atom. The minimum Gasteiger partial charge on any atom is -0.481 e. The number of hydrogen-bond donors (Lipinski definition) is 2. The molecule has 176 valence electrons. The number of carboxylic acids is 1. The van der Waals surface area contributed by atoms with Gasteiger partial charge in [0, 0.05) is 28.2 Å². The van der Waals surface area contributed by atoms with Crippen molar-refractivity contribution in [3.8, 4) is 5.69 Å². The summed E-state index contributed by atoms with van der Waals surface area (Å²) in [5, 5.41) is 17.4. The van der Waals surface area contributed by atoms with Gasteiger partial charge in [0.15, 0.2) is 17.5 Å². The van der Waals surface area contributed by atoms with Gasteiger partial charge >= 0.3 is 5.97 Å².